The van der Waals surface area contributed by atoms with Crippen LogP contribution in [0.1, 0.15) is 23.7 Å². The van der Waals surface area contributed by atoms with Gasteiger partial charge in [0.2, 0.25) is 5.91 Å². The molecule has 0 spiro atoms. The predicted molar refractivity (Wildman–Crippen MR) is 90.6 cm³/mol. The van der Waals surface area contributed by atoms with Crippen LogP contribution in [0, 0.1) is 0 Å². The molecule has 120 valence electrons. The van der Waals surface area contributed by atoms with Gasteiger partial charge in [-0.15, -0.1) is 0 Å². The number of hydrogen-bond donors (Lipinski definition) is 2. The summed E-state index contributed by atoms with van der Waals surface area (Å²) in [5, 5.41) is 5.92. The lowest BCUT2D eigenvalue weighted by molar-refractivity contribution is -0.115. The first kappa shape index (κ1) is 16.5. The molecular weight excluding hydrogens is 292 g/mol. The van der Waals surface area contributed by atoms with Crippen molar-refractivity contribution in [2.24, 2.45) is 0 Å². The molecule has 2 aromatic carbocycles. The Morgan fingerprint density at radius 3 is 2.43 bits per heavy atom. The van der Waals surface area contributed by atoms with Crippen LogP contribution < -0.4 is 10.6 Å². The summed E-state index contributed by atoms with van der Waals surface area (Å²) in [5.41, 5.74) is 1.79. The zero-order valence-corrected chi connectivity index (χ0v) is 13.0. The first-order valence-electron chi connectivity index (χ1n) is 7.55. The van der Waals surface area contributed by atoms with E-state index in [1.807, 2.05) is 30.3 Å². The van der Waals surface area contributed by atoms with Gasteiger partial charge in [-0.3, -0.25) is 4.79 Å². The van der Waals surface area contributed by atoms with Crippen LogP contribution in [0.3, 0.4) is 0 Å². The molecule has 2 rings (SSSR count). The van der Waals surface area contributed by atoms with E-state index in [-0.39, 0.29) is 5.91 Å². The Morgan fingerprint density at radius 2 is 1.70 bits per heavy atom. The Morgan fingerprint density at radius 1 is 1.00 bits per heavy atom. The SMILES string of the molecule is CCOC(=O)c1ccccc1NC(=O)CCNc1ccccc1. The highest BCUT2D eigenvalue weighted by atomic mass is 16.5. The van der Waals surface area contributed by atoms with Crippen LogP contribution in [0.4, 0.5) is 11.4 Å². The smallest absolute Gasteiger partial charge is 0.340 e. The summed E-state index contributed by atoms with van der Waals surface area (Å²) in [6, 6.07) is 16.5. The molecule has 0 atom stereocenters. The van der Waals surface area contributed by atoms with Gasteiger partial charge < -0.3 is 15.4 Å². The standard InChI is InChI=1S/C18H20N2O3/c1-2-23-18(22)15-10-6-7-11-16(15)20-17(21)12-13-19-14-8-4-3-5-9-14/h3-11,19H,2,12-13H2,1H3,(H,20,21). The quantitative estimate of drug-likeness (QED) is 0.770. The fourth-order valence-corrected chi connectivity index (χ4v) is 2.07. The third-order valence-corrected chi connectivity index (χ3v) is 3.15. The molecule has 0 unspecified atom stereocenters. The molecule has 1 amide bonds. The average Bonchev–Trinajstić information content (AvgIpc) is 2.56. The number of para-hydroxylation sites is 2. The van der Waals surface area contributed by atoms with Crippen molar-refractivity contribution in [2.75, 3.05) is 23.8 Å². The number of benzene rings is 2. The molecule has 0 fully saturated rings. The maximum atomic E-state index is 12.0. The fraction of sp³-hybridized carbons (Fsp3) is 0.222. The van der Waals surface area contributed by atoms with E-state index in [0.29, 0.717) is 30.8 Å². The topological polar surface area (TPSA) is 67.4 Å². The van der Waals surface area contributed by atoms with Crippen molar-refractivity contribution in [3.63, 3.8) is 0 Å². The van der Waals surface area contributed by atoms with Crippen LogP contribution in [0.25, 0.3) is 0 Å². The van der Waals surface area contributed by atoms with Gasteiger partial charge in [-0.05, 0) is 31.2 Å². The maximum absolute atomic E-state index is 12.0. The highest BCUT2D eigenvalue weighted by Crippen LogP contribution is 2.16. The van der Waals surface area contributed by atoms with Crippen molar-refractivity contribution in [3.05, 3.63) is 60.2 Å². The van der Waals surface area contributed by atoms with Crippen LogP contribution >= 0.6 is 0 Å². The molecule has 0 radical (unpaired) electrons. The molecule has 2 N–H and O–H groups in total. The second-order valence-electron chi connectivity index (χ2n) is 4.86. The van der Waals surface area contributed by atoms with E-state index >= 15 is 0 Å². The lowest BCUT2D eigenvalue weighted by Gasteiger charge is -2.11. The second-order valence-corrected chi connectivity index (χ2v) is 4.86. The number of rotatable bonds is 7. The first-order valence-corrected chi connectivity index (χ1v) is 7.55. The number of nitrogens with one attached hydrogen (secondary N) is 2. The zero-order valence-electron chi connectivity index (χ0n) is 13.0. The van der Waals surface area contributed by atoms with Gasteiger partial charge in [-0.1, -0.05) is 30.3 Å². The van der Waals surface area contributed by atoms with Gasteiger partial charge in [-0.25, -0.2) is 4.79 Å². The Bertz CT molecular complexity index is 656. The van der Waals surface area contributed by atoms with Gasteiger partial charge in [-0.2, -0.15) is 0 Å². The van der Waals surface area contributed by atoms with E-state index in [1.54, 1.807) is 31.2 Å². The number of amides is 1. The summed E-state index contributed by atoms with van der Waals surface area (Å²) in [7, 11) is 0. The minimum atomic E-state index is -0.439. The lowest BCUT2D eigenvalue weighted by Crippen LogP contribution is -2.18. The Labute approximate surface area is 135 Å². The van der Waals surface area contributed by atoms with E-state index in [2.05, 4.69) is 10.6 Å². The molecule has 0 saturated carbocycles. The molecule has 5 nitrogen and oxygen atoms in total. The zero-order chi connectivity index (χ0) is 16.5. The van der Waals surface area contributed by atoms with Gasteiger partial charge in [0.15, 0.2) is 0 Å². The monoisotopic (exact) mass is 312 g/mol. The minimum Gasteiger partial charge on any atom is -0.462 e. The molecule has 0 saturated heterocycles. The van der Waals surface area contributed by atoms with Crippen molar-refractivity contribution < 1.29 is 14.3 Å². The molecule has 0 aromatic heterocycles. The van der Waals surface area contributed by atoms with Crippen LogP contribution in [0.15, 0.2) is 54.6 Å². The van der Waals surface area contributed by atoms with Crippen LogP contribution in [-0.4, -0.2) is 25.0 Å². The maximum Gasteiger partial charge on any atom is 0.340 e. The summed E-state index contributed by atoms with van der Waals surface area (Å²) < 4.78 is 4.99. The van der Waals surface area contributed by atoms with Gasteiger partial charge in [0, 0.05) is 18.7 Å². The summed E-state index contributed by atoms with van der Waals surface area (Å²) >= 11 is 0. The first-order chi connectivity index (χ1) is 11.2. The number of carbonyl (C=O) groups excluding carboxylic acids is 2. The highest BCUT2D eigenvalue weighted by molar-refractivity contribution is 6.01. The van der Waals surface area contributed by atoms with Gasteiger partial charge in [0.05, 0.1) is 17.9 Å². The van der Waals surface area contributed by atoms with Crippen LogP contribution in [0.2, 0.25) is 0 Å². The van der Waals surface area contributed by atoms with Crippen molar-refractivity contribution in [1.29, 1.82) is 0 Å². The molecule has 23 heavy (non-hydrogen) atoms. The third-order valence-electron chi connectivity index (χ3n) is 3.15. The fourth-order valence-electron chi connectivity index (χ4n) is 2.07. The Hall–Kier alpha value is -2.82. The number of hydrogen-bond acceptors (Lipinski definition) is 4. The van der Waals surface area contributed by atoms with E-state index in [0.717, 1.165) is 5.69 Å². The molecule has 0 aliphatic rings. The lowest BCUT2D eigenvalue weighted by atomic mass is 10.1. The van der Waals surface area contributed by atoms with E-state index in [1.165, 1.54) is 0 Å². The number of ether oxygens (including phenoxy) is 1. The summed E-state index contributed by atoms with van der Waals surface area (Å²) in [5.74, 6) is -0.601. The number of esters is 1. The van der Waals surface area contributed by atoms with Crippen molar-refractivity contribution in [2.45, 2.75) is 13.3 Å². The van der Waals surface area contributed by atoms with Crippen molar-refractivity contribution in [3.8, 4) is 0 Å². The molecule has 0 aliphatic carbocycles. The van der Waals surface area contributed by atoms with Gasteiger partial charge in [0.25, 0.3) is 0 Å². The Balaban J connectivity index is 1.89. The summed E-state index contributed by atoms with van der Waals surface area (Å²) in [6.45, 7) is 2.55. The molecule has 0 bridgehead atoms. The third kappa shape index (κ3) is 5.14. The average molecular weight is 312 g/mol. The van der Waals surface area contributed by atoms with Crippen molar-refractivity contribution in [1.82, 2.24) is 0 Å². The second kappa shape index (κ2) is 8.58. The number of carbonyl (C=O) groups is 2. The summed E-state index contributed by atoms with van der Waals surface area (Å²) in [4.78, 5) is 23.9. The minimum absolute atomic E-state index is 0.162. The molecule has 0 heterocycles. The van der Waals surface area contributed by atoms with Crippen LogP contribution in [0.5, 0.6) is 0 Å². The number of anilines is 2. The highest BCUT2D eigenvalue weighted by Gasteiger charge is 2.13. The van der Waals surface area contributed by atoms with Gasteiger partial charge >= 0.3 is 5.97 Å². The van der Waals surface area contributed by atoms with E-state index in [9.17, 15) is 9.59 Å². The summed E-state index contributed by atoms with van der Waals surface area (Å²) in [6.07, 6.45) is 0.298. The normalized spacial score (nSPS) is 9.96. The van der Waals surface area contributed by atoms with E-state index < -0.39 is 5.97 Å². The van der Waals surface area contributed by atoms with Gasteiger partial charge in [0.1, 0.15) is 0 Å². The largest absolute Gasteiger partial charge is 0.462 e. The molecule has 0 aliphatic heterocycles. The molecular formula is C18H20N2O3. The molecule has 5 heteroatoms. The van der Waals surface area contributed by atoms with Crippen molar-refractivity contribution >= 4 is 23.3 Å². The molecule has 2 aromatic rings. The van der Waals surface area contributed by atoms with E-state index in [4.69, 9.17) is 4.74 Å². The Kier molecular flexibility index (Phi) is 6.17. The van der Waals surface area contributed by atoms with Crippen LogP contribution in [-0.2, 0) is 9.53 Å². The predicted octanol–water partition coefficient (Wildman–Crippen LogP) is 3.30.